The molecule has 0 amide bonds. The van der Waals surface area contributed by atoms with Crippen molar-refractivity contribution >= 4 is 9.05 Å². The molecule has 0 spiro atoms. The van der Waals surface area contributed by atoms with Crippen LogP contribution < -0.4 is 19.2 Å². The maximum Gasteiger partial charge on any atom is 3.00 e. The number of hydrogen-bond donors (Lipinski definition) is 0. The van der Waals surface area contributed by atoms with Crippen molar-refractivity contribution in [2.75, 3.05) is 0 Å². The Morgan fingerprint density at radius 3 is 0.750 bits per heavy atom. The third-order valence-corrected chi connectivity index (χ3v) is 0. The molecule has 0 aromatic heterocycles. The first kappa shape index (κ1) is 22.6. The smallest absolute Gasteiger partial charge is 0.894 e. The van der Waals surface area contributed by atoms with Gasteiger partial charge in [-0.15, -0.1) is 0 Å². The van der Waals surface area contributed by atoms with Crippen molar-refractivity contribution in [3.05, 3.63) is 0 Å². The molecular weight excluding hydrogens is 531 g/mol. The Bertz CT molecular complexity index is 29.5. The van der Waals surface area contributed by atoms with Crippen LogP contribution in [0.1, 0.15) is 0 Å². The van der Waals surface area contributed by atoms with Crippen LogP contribution in [0.15, 0.2) is 0 Å². The second-order valence-electron chi connectivity index (χ2n) is 0.500. The molecule has 0 unspecified atom stereocenters. The fourth-order valence-corrected chi connectivity index (χ4v) is 0. The van der Waals surface area contributed by atoms with Gasteiger partial charge in [-0.3, -0.25) is 0 Å². The molecule has 0 aromatic rings. The summed E-state index contributed by atoms with van der Waals surface area (Å²) < 4.78 is 0. The monoisotopic (exact) mass is 531 g/mol. The Kier molecular flexibility index (Phi) is 30.0. The van der Waals surface area contributed by atoms with Gasteiger partial charge in [-0.05, 0) is 0 Å². The molecule has 0 bridgehead atoms. The normalized spacial score (nSPS) is 7.50. The maximum atomic E-state index is 8.58. The maximum absolute atomic E-state index is 8.58. The van der Waals surface area contributed by atoms with Crippen LogP contribution in [0.4, 0.5) is 0 Å². The van der Waals surface area contributed by atoms with E-state index in [-0.39, 0.29) is 106 Å². The molecule has 0 fully saturated rings. The summed E-state index contributed by atoms with van der Waals surface area (Å²) in [4.78, 5) is 34.3. The largest absolute Gasteiger partial charge is 3.00 e. The Morgan fingerprint density at radius 1 is 0.750 bits per heavy atom. The molecule has 0 aliphatic rings. The van der Waals surface area contributed by atoms with Gasteiger partial charge in [-0.1, -0.05) is 0 Å². The van der Waals surface area contributed by atoms with E-state index in [1.54, 1.807) is 0 Å². The zero-order chi connectivity index (χ0) is 4.50. The third-order valence-electron chi connectivity index (χ3n) is 0. The van der Waals surface area contributed by atoms with Gasteiger partial charge in [0, 0.05) is 0 Å². The summed E-state index contributed by atoms with van der Waals surface area (Å²) in [6.07, 6.45) is 0. The van der Waals surface area contributed by atoms with Crippen LogP contribution in [0.5, 0.6) is 0 Å². The molecule has 0 aliphatic carbocycles. The molecule has 0 radical (unpaired) electrons. The molecule has 0 heterocycles. The van der Waals surface area contributed by atoms with Crippen LogP contribution in [0.3, 0.4) is 0 Å². The van der Waals surface area contributed by atoms with Gasteiger partial charge in [-0.2, -0.15) is 0 Å². The zero-order valence-electron chi connectivity index (χ0n) is 3.23. The molecule has 0 saturated carbocycles. The minimum Gasteiger partial charge on any atom is -0.894 e. The van der Waals surface area contributed by atoms with E-state index >= 15 is 0 Å². The minimum atomic E-state index is -5.61. The van der Waals surface area contributed by atoms with Crippen molar-refractivity contribution in [3.63, 3.8) is 0 Å². The van der Waals surface area contributed by atoms with Crippen LogP contribution in [-0.2, 0) is 32.7 Å². The van der Waals surface area contributed by atoms with Gasteiger partial charge in [-0.25, -0.2) is 0 Å². The average Bonchev–Trinajstić information content (AvgIpc) is 0.722. The zero-order valence-corrected chi connectivity index (χ0v) is 10.4. The van der Waals surface area contributed by atoms with E-state index < -0.39 is 9.05 Å². The molecule has 8 heteroatoms. The fraction of sp³-hybridized carbons (Fsp3) is 0. The summed E-state index contributed by atoms with van der Waals surface area (Å²) in [5.41, 5.74) is 0. The summed E-state index contributed by atoms with van der Waals surface area (Å²) >= 11 is 0. The van der Waals surface area contributed by atoms with Crippen molar-refractivity contribution in [1.29, 1.82) is 0 Å². The molecule has 0 aromatic carbocycles. The third kappa shape index (κ3) is 54.4. The Balaban J connectivity index is -0.0000000267. The van der Waals surface area contributed by atoms with Gasteiger partial charge in [0.15, 0.2) is 0 Å². The standard InChI is InChI=1S/2Lu.O4Si.Y/c;;1-5(2,3)4;/q2*+3;-4;+3. The predicted octanol–water partition coefficient (Wildman–Crippen LogP) is -5.14. The Morgan fingerprint density at radius 2 is 0.750 bits per heavy atom. The van der Waals surface area contributed by atoms with E-state index in [9.17, 15) is 0 Å². The van der Waals surface area contributed by atoms with E-state index in [0.29, 0.717) is 0 Å². The van der Waals surface area contributed by atoms with Gasteiger partial charge in [0.05, 0.1) is 0 Å². The van der Waals surface area contributed by atoms with E-state index in [2.05, 4.69) is 0 Å². The molecular formula is Lu2O4SiY+5. The molecule has 4 nitrogen and oxygen atoms in total. The van der Waals surface area contributed by atoms with Crippen molar-refractivity contribution < 1.29 is 126 Å². The molecule has 0 aliphatic heterocycles. The van der Waals surface area contributed by atoms with E-state index in [1.807, 2.05) is 0 Å². The number of hydrogen-bond acceptors (Lipinski definition) is 4. The summed E-state index contributed by atoms with van der Waals surface area (Å²) in [5.74, 6) is 0. The molecule has 0 saturated heterocycles. The summed E-state index contributed by atoms with van der Waals surface area (Å²) in [6.45, 7) is 0. The van der Waals surface area contributed by atoms with Gasteiger partial charge in [0.2, 0.25) is 0 Å². The first-order valence-corrected chi connectivity index (χ1v) is 2.45. The second kappa shape index (κ2) is 10.6. The van der Waals surface area contributed by atoms with Crippen LogP contribution in [-0.4, -0.2) is 9.05 Å². The molecule has 8 heavy (non-hydrogen) atoms. The van der Waals surface area contributed by atoms with Gasteiger partial charge < -0.3 is 28.2 Å². The molecule has 0 N–H and O–H groups in total. The Hall–Kier alpha value is 3.63. The van der Waals surface area contributed by atoms with Gasteiger partial charge >= 0.3 is 106 Å². The number of rotatable bonds is 0. The van der Waals surface area contributed by atoms with Crippen LogP contribution in [0.25, 0.3) is 0 Å². The SMILES string of the molecule is [Lu+3].[Lu+3].[O-][Si]([O-])([O-])[O-].[Y+3]. The quantitative estimate of drug-likeness (QED) is 0.293. The fourth-order valence-electron chi connectivity index (χ4n) is 0. The molecule has 0 rings (SSSR count). The van der Waals surface area contributed by atoms with Crippen molar-refractivity contribution in [3.8, 4) is 0 Å². The van der Waals surface area contributed by atoms with E-state index in [0.717, 1.165) is 0 Å². The van der Waals surface area contributed by atoms with Crippen LogP contribution >= 0.6 is 0 Å². The predicted molar refractivity (Wildman–Crippen MR) is 5.75 cm³/mol. The van der Waals surface area contributed by atoms with Crippen LogP contribution in [0, 0.1) is 73.7 Å². The topological polar surface area (TPSA) is 92.2 Å². The summed E-state index contributed by atoms with van der Waals surface area (Å²) in [5, 5.41) is 0. The van der Waals surface area contributed by atoms with Crippen molar-refractivity contribution in [1.82, 2.24) is 0 Å². The first-order chi connectivity index (χ1) is 2.00. The summed E-state index contributed by atoms with van der Waals surface area (Å²) in [6, 6.07) is 0. The van der Waals surface area contributed by atoms with Gasteiger partial charge in [0.25, 0.3) is 0 Å². The molecule has 0 atom stereocenters. The Labute approximate surface area is 131 Å². The molecule has 56 valence electrons. The van der Waals surface area contributed by atoms with E-state index in [4.69, 9.17) is 19.2 Å². The second-order valence-corrected chi connectivity index (χ2v) is 1.50. The summed E-state index contributed by atoms with van der Waals surface area (Å²) in [7, 11) is -5.61. The van der Waals surface area contributed by atoms with Gasteiger partial charge in [0.1, 0.15) is 0 Å². The van der Waals surface area contributed by atoms with Crippen molar-refractivity contribution in [2.24, 2.45) is 0 Å². The first-order valence-electron chi connectivity index (χ1n) is 0.816. The van der Waals surface area contributed by atoms with Crippen molar-refractivity contribution in [2.45, 2.75) is 0 Å². The average molecular weight is 531 g/mol. The van der Waals surface area contributed by atoms with E-state index in [1.165, 1.54) is 0 Å². The van der Waals surface area contributed by atoms with Crippen LogP contribution in [0.2, 0.25) is 0 Å². The minimum absolute atomic E-state index is 0.